The minimum absolute atomic E-state index is 0.0792. The van der Waals surface area contributed by atoms with Crippen molar-refractivity contribution in [2.24, 2.45) is 0 Å². The summed E-state index contributed by atoms with van der Waals surface area (Å²) in [5.74, 6) is -0.493. The van der Waals surface area contributed by atoms with Crippen molar-refractivity contribution >= 4 is 22.7 Å². The van der Waals surface area contributed by atoms with Crippen LogP contribution in [-0.4, -0.2) is 32.2 Å². The molecule has 0 aliphatic heterocycles. The van der Waals surface area contributed by atoms with E-state index in [4.69, 9.17) is 9.52 Å². The van der Waals surface area contributed by atoms with Gasteiger partial charge in [0.25, 0.3) is 11.5 Å². The van der Waals surface area contributed by atoms with E-state index >= 15 is 0 Å². The van der Waals surface area contributed by atoms with Gasteiger partial charge < -0.3 is 14.8 Å². The molecule has 0 aliphatic carbocycles. The van der Waals surface area contributed by atoms with Crippen LogP contribution in [0.15, 0.2) is 46.3 Å². The maximum absolute atomic E-state index is 12.3. The first kappa shape index (κ1) is 14.0. The second-order valence-electron chi connectivity index (χ2n) is 4.49. The molecule has 0 spiro atoms. The van der Waals surface area contributed by atoms with Crippen molar-refractivity contribution < 1.29 is 14.3 Å². The van der Waals surface area contributed by atoms with E-state index in [1.54, 1.807) is 18.3 Å². The molecule has 0 fully saturated rings. The van der Waals surface area contributed by atoms with E-state index in [0.29, 0.717) is 5.69 Å². The Morgan fingerprint density at radius 1 is 1.45 bits per heavy atom. The number of aliphatic hydroxyl groups excluding tert-OH is 1. The van der Waals surface area contributed by atoms with Crippen molar-refractivity contribution in [2.45, 2.75) is 6.54 Å². The van der Waals surface area contributed by atoms with Crippen molar-refractivity contribution in [3.63, 3.8) is 0 Å². The Morgan fingerprint density at radius 2 is 2.32 bits per heavy atom. The van der Waals surface area contributed by atoms with Crippen molar-refractivity contribution in [2.75, 3.05) is 11.9 Å². The van der Waals surface area contributed by atoms with Crippen LogP contribution < -0.4 is 10.9 Å². The van der Waals surface area contributed by atoms with E-state index in [1.165, 1.54) is 23.4 Å². The molecular formula is C14H12N4O4. The highest BCUT2D eigenvalue weighted by molar-refractivity contribution is 6.11. The highest BCUT2D eigenvalue weighted by atomic mass is 16.3. The minimum atomic E-state index is -0.493. The molecule has 2 N–H and O–H groups in total. The molecule has 0 radical (unpaired) electrons. The van der Waals surface area contributed by atoms with Gasteiger partial charge in [-0.1, -0.05) is 0 Å². The summed E-state index contributed by atoms with van der Waals surface area (Å²) in [7, 11) is 0. The summed E-state index contributed by atoms with van der Waals surface area (Å²) in [6.45, 7) is -0.112. The molecule has 0 saturated heterocycles. The number of fused-ring (bicyclic) bond motifs is 1. The molecule has 0 aliphatic rings. The van der Waals surface area contributed by atoms with Gasteiger partial charge in [-0.05, 0) is 12.1 Å². The van der Waals surface area contributed by atoms with Gasteiger partial charge in [0.2, 0.25) is 5.71 Å². The Labute approximate surface area is 124 Å². The Balaban J connectivity index is 2.02. The SMILES string of the molecule is O=C(Nc1cccnc1)c1coc2ncn(CCO)c(=O)c12. The van der Waals surface area contributed by atoms with Gasteiger partial charge in [0, 0.05) is 6.20 Å². The fourth-order valence-electron chi connectivity index (χ4n) is 2.04. The average Bonchev–Trinajstić information content (AvgIpc) is 2.96. The second-order valence-corrected chi connectivity index (χ2v) is 4.49. The molecule has 3 aromatic rings. The molecule has 3 rings (SSSR count). The predicted molar refractivity (Wildman–Crippen MR) is 77.5 cm³/mol. The molecule has 8 nitrogen and oxygen atoms in total. The highest BCUT2D eigenvalue weighted by Gasteiger charge is 2.19. The van der Waals surface area contributed by atoms with Crippen molar-refractivity contribution in [1.29, 1.82) is 0 Å². The summed E-state index contributed by atoms with van der Waals surface area (Å²) in [5.41, 5.74) is 0.227. The van der Waals surface area contributed by atoms with Gasteiger partial charge in [-0.3, -0.25) is 19.1 Å². The zero-order valence-electron chi connectivity index (χ0n) is 11.4. The lowest BCUT2D eigenvalue weighted by Gasteiger charge is -2.04. The van der Waals surface area contributed by atoms with Gasteiger partial charge in [0.15, 0.2) is 0 Å². The van der Waals surface area contributed by atoms with Crippen LogP contribution >= 0.6 is 0 Å². The molecule has 8 heteroatoms. The summed E-state index contributed by atoms with van der Waals surface area (Å²) < 4.78 is 6.38. The molecule has 0 saturated carbocycles. The van der Waals surface area contributed by atoms with Gasteiger partial charge in [-0.25, -0.2) is 4.98 Å². The van der Waals surface area contributed by atoms with Crippen LogP contribution in [0, 0.1) is 0 Å². The van der Waals surface area contributed by atoms with Crippen LogP contribution in [0.5, 0.6) is 0 Å². The third kappa shape index (κ3) is 2.47. The predicted octanol–water partition coefficient (Wildman–Crippen LogP) is 0.629. The fraction of sp³-hybridized carbons (Fsp3) is 0.143. The molecule has 0 atom stereocenters. The minimum Gasteiger partial charge on any atom is -0.445 e. The molecule has 0 aromatic carbocycles. The Bertz CT molecular complexity index is 869. The number of hydrogen-bond donors (Lipinski definition) is 2. The lowest BCUT2D eigenvalue weighted by Crippen LogP contribution is -2.23. The van der Waals surface area contributed by atoms with E-state index < -0.39 is 11.5 Å². The van der Waals surface area contributed by atoms with Crippen LogP contribution in [-0.2, 0) is 6.54 Å². The Kier molecular flexibility index (Phi) is 3.67. The summed E-state index contributed by atoms with van der Waals surface area (Å²) in [4.78, 5) is 32.5. The molecular weight excluding hydrogens is 288 g/mol. The van der Waals surface area contributed by atoms with E-state index in [2.05, 4.69) is 15.3 Å². The van der Waals surface area contributed by atoms with Gasteiger partial charge >= 0.3 is 0 Å². The zero-order chi connectivity index (χ0) is 15.5. The molecule has 0 unspecified atom stereocenters. The van der Waals surface area contributed by atoms with Gasteiger partial charge in [-0.15, -0.1) is 0 Å². The number of furan rings is 1. The summed E-state index contributed by atoms with van der Waals surface area (Å²) in [6.07, 6.45) is 5.53. The largest absolute Gasteiger partial charge is 0.445 e. The number of anilines is 1. The first-order valence-electron chi connectivity index (χ1n) is 6.49. The quantitative estimate of drug-likeness (QED) is 0.731. The van der Waals surface area contributed by atoms with Crippen LogP contribution in [0.3, 0.4) is 0 Å². The van der Waals surface area contributed by atoms with E-state index in [1.807, 2.05) is 0 Å². The number of carbonyl (C=O) groups is 1. The van der Waals surface area contributed by atoms with Gasteiger partial charge in [0.1, 0.15) is 18.0 Å². The molecule has 3 aromatic heterocycles. The standard InChI is InChI=1S/C14H12N4O4/c19-5-4-18-8-16-13-11(14(18)21)10(7-22-13)12(20)17-9-2-1-3-15-6-9/h1-3,6-8,19H,4-5H2,(H,17,20). The van der Waals surface area contributed by atoms with Crippen LogP contribution in [0.2, 0.25) is 0 Å². The van der Waals surface area contributed by atoms with Crippen LogP contribution in [0.4, 0.5) is 5.69 Å². The maximum Gasteiger partial charge on any atom is 0.265 e. The molecule has 22 heavy (non-hydrogen) atoms. The third-order valence-corrected chi connectivity index (χ3v) is 3.07. The third-order valence-electron chi connectivity index (χ3n) is 3.07. The average molecular weight is 300 g/mol. The topological polar surface area (TPSA) is 110 Å². The van der Waals surface area contributed by atoms with Crippen molar-refractivity contribution in [3.05, 3.63) is 53.0 Å². The van der Waals surface area contributed by atoms with E-state index in [9.17, 15) is 9.59 Å². The first-order chi connectivity index (χ1) is 10.7. The number of nitrogens with one attached hydrogen (secondary N) is 1. The van der Waals surface area contributed by atoms with Crippen LogP contribution in [0.1, 0.15) is 10.4 Å². The van der Waals surface area contributed by atoms with E-state index in [-0.39, 0.29) is 29.8 Å². The monoisotopic (exact) mass is 300 g/mol. The maximum atomic E-state index is 12.3. The second kappa shape index (κ2) is 5.78. The number of hydrogen-bond acceptors (Lipinski definition) is 6. The summed E-state index contributed by atoms with van der Waals surface area (Å²) in [5, 5.41) is 11.7. The smallest absolute Gasteiger partial charge is 0.265 e. The molecule has 0 bridgehead atoms. The summed E-state index contributed by atoms with van der Waals surface area (Å²) >= 11 is 0. The Morgan fingerprint density at radius 3 is 3.05 bits per heavy atom. The molecule has 1 amide bonds. The van der Waals surface area contributed by atoms with Crippen molar-refractivity contribution in [3.8, 4) is 0 Å². The fourth-order valence-corrected chi connectivity index (χ4v) is 2.04. The number of carbonyl (C=O) groups excluding carboxylic acids is 1. The van der Waals surface area contributed by atoms with Crippen LogP contribution in [0.25, 0.3) is 11.1 Å². The number of amides is 1. The Hall–Kier alpha value is -3.00. The van der Waals surface area contributed by atoms with Gasteiger partial charge in [-0.2, -0.15) is 0 Å². The van der Waals surface area contributed by atoms with E-state index in [0.717, 1.165) is 0 Å². The highest BCUT2D eigenvalue weighted by Crippen LogP contribution is 2.17. The lowest BCUT2D eigenvalue weighted by molar-refractivity contribution is 0.102. The number of aliphatic hydroxyl groups is 1. The number of rotatable bonds is 4. The number of pyridine rings is 1. The number of aromatic nitrogens is 3. The normalized spacial score (nSPS) is 10.8. The number of nitrogens with zero attached hydrogens (tertiary/aromatic N) is 3. The molecule has 3 heterocycles. The van der Waals surface area contributed by atoms with Gasteiger partial charge in [0.05, 0.1) is 30.6 Å². The van der Waals surface area contributed by atoms with Crippen molar-refractivity contribution in [1.82, 2.24) is 14.5 Å². The summed E-state index contributed by atoms with van der Waals surface area (Å²) in [6, 6.07) is 3.36. The first-order valence-corrected chi connectivity index (χ1v) is 6.49. The molecule has 112 valence electrons. The lowest BCUT2D eigenvalue weighted by atomic mass is 10.2. The zero-order valence-corrected chi connectivity index (χ0v) is 11.4.